The fourth-order valence-corrected chi connectivity index (χ4v) is 2.33. The smallest absolute Gasteiger partial charge is 0.0174 e. The van der Waals surface area contributed by atoms with Crippen LogP contribution in [0.5, 0.6) is 0 Å². The molecular formula is C12H18N2. The van der Waals surface area contributed by atoms with Crippen molar-refractivity contribution >= 4 is 0 Å². The highest BCUT2D eigenvalue weighted by atomic mass is 15.1. The van der Waals surface area contributed by atoms with Crippen LogP contribution in [-0.2, 0) is 0 Å². The molecule has 2 rings (SSSR count). The lowest BCUT2D eigenvalue weighted by Gasteiger charge is -2.34. The molecule has 1 aromatic carbocycles. The van der Waals surface area contributed by atoms with Crippen molar-refractivity contribution in [1.82, 2.24) is 4.90 Å². The first-order chi connectivity index (χ1) is 6.75. The van der Waals surface area contributed by atoms with E-state index in [2.05, 4.69) is 42.3 Å². The molecule has 2 heteroatoms. The molecule has 2 unspecified atom stereocenters. The van der Waals surface area contributed by atoms with E-state index in [0.29, 0.717) is 12.0 Å². The van der Waals surface area contributed by atoms with Crippen molar-refractivity contribution in [2.75, 3.05) is 20.1 Å². The van der Waals surface area contributed by atoms with Crippen LogP contribution in [0.2, 0.25) is 0 Å². The molecule has 2 nitrogen and oxygen atoms in total. The molecule has 1 heterocycles. The minimum atomic E-state index is 0.332. The summed E-state index contributed by atoms with van der Waals surface area (Å²) in [5.74, 6) is 0.616. The molecule has 1 aliphatic heterocycles. The van der Waals surface area contributed by atoms with E-state index in [4.69, 9.17) is 5.73 Å². The Labute approximate surface area is 85.7 Å². The summed E-state index contributed by atoms with van der Waals surface area (Å²) in [7, 11) is 2.15. The van der Waals surface area contributed by atoms with Crippen molar-refractivity contribution in [3.63, 3.8) is 0 Å². The van der Waals surface area contributed by atoms with E-state index in [9.17, 15) is 0 Å². The molecule has 2 N–H and O–H groups in total. The van der Waals surface area contributed by atoms with E-state index >= 15 is 0 Å². The lowest BCUT2D eigenvalue weighted by atomic mass is 9.89. The van der Waals surface area contributed by atoms with Gasteiger partial charge >= 0.3 is 0 Å². The monoisotopic (exact) mass is 190 g/mol. The molecule has 0 spiro atoms. The summed E-state index contributed by atoms with van der Waals surface area (Å²) >= 11 is 0. The number of rotatable bonds is 1. The molecule has 1 aromatic rings. The summed E-state index contributed by atoms with van der Waals surface area (Å²) < 4.78 is 0. The Balaban J connectivity index is 2.11. The van der Waals surface area contributed by atoms with Crippen LogP contribution < -0.4 is 5.73 Å². The summed E-state index contributed by atoms with van der Waals surface area (Å²) in [6.07, 6.45) is 1.12. The number of likely N-dealkylation sites (N-methyl/N-ethyl adjacent to an activating group) is 1. The number of piperidine rings is 1. The summed E-state index contributed by atoms with van der Waals surface area (Å²) in [6, 6.07) is 11.0. The third-order valence-electron chi connectivity index (χ3n) is 2.94. The maximum atomic E-state index is 6.01. The Hall–Kier alpha value is -0.860. The largest absolute Gasteiger partial charge is 0.327 e. The van der Waals surface area contributed by atoms with Gasteiger partial charge in [-0.25, -0.2) is 0 Å². The zero-order valence-corrected chi connectivity index (χ0v) is 8.69. The Morgan fingerprint density at radius 2 is 1.93 bits per heavy atom. The lowest BCUT2D eigenvalue weighted by Crippen LogP contribution is -2.44. The van der Waals surface area contributed by atoms with Gasteiger partial charge in [0.2, 0.25) is 0 Å². The second kappa shape index (κ2) is 4.11. The summed E-state index contributed by atoms with van der Waals surface area (Å²) in [6.45, 7) is 2.17. The normalized spacial score (nSPS) is 29.0. The van der Waals surface area contributed by atoms with Gasteiger partial charge in [0.1, 0.15) is 0 Å². The standard InChI is InChI=1S/C12H18N2/c1-14-8-11(7-12(13)9-14)10-5-3-2-4-6-10/h2-6,11-12H,7-9,13H2,1H3. The third-order valence-corrected chi connectivity index (χ3v) is 2.94. The molecule has 0 bridgehead atoms. The molecule has 14 heavy (non-hydrogen) atoms. The van der Waals surface area contributed by atoms with Gasteiger partial charge in [-0.2, -0.15) is 0 Å². The maximum Gasteiger partial charge on any atom is 0.0174 e. The third kappa shape index (κ3) is 2.14. The fourth-order valence-electron chi connectivity index (χ4n) is 2.33. The van der Waals surface area contributed by atoms with E-state index < -0.39 is 0 Å². The Kier molecular flexibility index (Phi) is 2.85. The van der Waals surface area contributed by atoms with E-state index in [1.807, 2.05) is 0 Å². The van der Waals surface area contributed by atoms with Gasteiger partial charge in [-0.15, -0.1) is 0 Å². The van der Waals surface area contributed by atoms with Crippen LogP contribution in [-0.4, -0.2) is 31.1 Å². The van der Waals surface area contributed by atoms with Gasteiger partial charge < -0.3 is 10.6 Å². The molecule has 1 fully saturated rings. The highest BCUT2D eigenvalue weighted by Crippen LogP contribution is 2.25. The van der Waals surface area contributed by atoms with Gasteiger partial charge in [0, 0.05) is 19.1 Å². The second-order valence-electron chi connectivity index (χ2n) is 4.32. The topological polar surface area (TPSA) is 29.3 Å². The summed E-state index contributed by atoms with van der Waals surface area (Å²) in [5.41, 5.74) is 7.44. The molecule has 1 aliphatic rings. The molecular weight excluding hydrogens is 172 g/mol. The van der Waals surface area contributed by atoms with Crippen LogP contribution >= 0.6 is 0 Å². The molecule has 0 saturated carbocycles. The minimum Gasteiger partial charge on any atom is -0.327 e. The first-order valence-electron chi connectivity index (χ1n) is 5.25. The van der Waals surface area contributed by atoms with Gasteiger partial charge in [0.15, 0.2) is 0 Å². The Bertz CT molecular complexity index is 274. The van der Waals surface area contributed by atoms with E-state index in [-0.39, 0.29) is 0 Å². The first kappa shape index (κ1) is 9.69. The van der Waals surface area contributed by atoms with Crippen LogP contribution in [0.15, 0.2) is 30.3 Å². The van der Waals surface area contributed by atoms with Crippen LogP contribution in [0, 0.1) is 0 Å². The Morgan fingerprint density at radius 1 is 1.21 bits per heavy atom. The predicted octanol–water partition coefficient (Wildman–Crippen LogP) is 1.43. The summed E-state index contributed by atoms with van der Waals surface area (Å²) in [5, 5.41) is 0. The molecule has 1 saturated heterocycles. The fraction of sp³-hybridized carbons (Fsp3) is 0.500. The van der Waals surface area contributed by atoms with Gasteiger partial charge in [-0.1, -0.05) is 30.3 Å². The van der Waals surface area contributed by atoms with Crippen molar-refractivity contribution in [2.24, 2.45) is 5.73 Å². The van der Waals surface area contributed by atoms with Crippen LogP contribution in [0.1, 0.15) is 17.9 Å². The quantitative estimate of drug-likeness (QED) is 0.726. The van der Waals surface area contributed by atoms with Crippen molar-refractivity contribution in [3.8, 4) is 0 Å². The van der Waals surface area contributed by atoms with Crippen molar-refractivity contribution in [2.45, 2.75) is 18.4 Å². The maximum absolute atomic E-state index is 6.01. The SMILES string of the molecule is CN1CC(N)CC(c2ccccc2)C1. The number of nitrogens with two attached hydrogens (primary N) is 1. The predicted molar refractivity (Wildman–Crippen MR) is 59.3 cm³/mol. The Morgan fingerprint density at radius 3 is 2.57 bits per heavy atom. The number of nitrogens with zero attached hydrogens (tertiary/aromatic N) is 1. The summed E-state index contributed by atoms with van der Waals surface area (Å²) in [4.78, 5) is 2.33. The number of hydrogen-bond donors (Lipinski definition) is 1. The zero-order valence-electron chi connectivity index (χ0n) is 8.69. The number of likely N-dealkylation sites (tertiary alicyclic amines) is 1. The molecule has 0 aliphatic carbocycles. The molecule has 2 atom stereocenters. The van der Waals surface area contributed by atoms with Gasteiger partial charge in [0.05, 0.1) is 0 Å². The molecule has 76 valence electrons. The van der Waals surface area contributed by atoms with Crippen molar-refractivity contribution in [3.05, 3.63) is 35.9 Å². The van der Waals surface area contributed by atoms with Gasteiger partial charge in [-0.3, -0.25) is 0 Å². The first-order valence-corrected chi connectivity index (χ1v) is 5.25. The van der Waals surface area contributed by atoms with Crippen LogP contribution in [0.4, 0.5) is 0 Å². The highest BCUT2D eigenvalue weighted by molar-refractivity contribution is 5.20. The second-order valence-corrected chi connectivity index (χ2v) is 4.32. The lowest BCUT2D eigenvalue weighted by molar-refractivity contribution is 0.227. The average Bonchev–Trinajstić information content (AvgIpc) is 2.18. The van der Waals surface area contributed by atoms with E-state index in [1.165, 1.54) is 5.56 Å². The van der Waals surface area contributed by atoms with Crippen LogP contribution in [0.25, 0.3) is 0 Å². The van der Waals surface area contributed by atoms with E-state index in [1.54, 1.807) is 0 Å². The minimum absolute atomic E-state index is 0.332. The molecule has 0 aromatic heterocycles. The number of hydrogen-bond acceptors (Lipinski definition) is 2. The zero-order chi connectivity index (χ0) is 9.97. The van der Waals surface area contributed by atoms with Crippen molar-refractivity contribution in [1.29, 1.82) is 0 Å². The average molecular weight is 190 g/mol. The molecule has 0 amide bonds. The molecule has 0 radical (unpaired) electrons. The van der Waals surface area contributed by atoms with E-state index in [0.717, 1.165) is 19.5 Å². The highest BCUT2D eigenvalue weighted by Gasteiger charge is 2.23. The number of benzene rings is 1. The van der Waals surface area contributed by atoms with Crippen molar-refractivity contribution < 1.29 is 0 Å². The van der Waals surface area contributed by atoms with Crippen LogP contribution in [0.3, 0.4) is 0 Å². The van der Waals surface area contributed by atoms with Gasteiger partial charge in [-0.05, 0) is 24.9 Å². The van der Waals surface area contributed by atoms with Gasteiger partial charge in [0.25, 0.3) is 0 Å².